The molecule has 4 atom stereocenters. The van der Waals surface area contributed by atoms with Crippen LogP contribution in [0.15, 0.2) is 34.2 Å². The first-order chi connectivity index (χ1) is 16.4. The lowest BCUT2D eigenvalue weighted by atomic mass is 10.1. The summed E-state index contributed by atoms with van der Waals surface area (Å²) in [4.78, 5) is 25.3. The summed E-state index contributed by atoms with van der Waals surface area (Å²) >= 11 is 0. The van der Waals surface area contributed by atoms with Crippen LogP contribution in [0, 0.1) is 0 Å². The van der Waals surface area contributed by atoms with E-state index in [1.807, 2.05) is 24.3 Å². The fraction of sp³-hybridized carbons (Fsp3) is 0.429. The molecule has 1 aliphatic heterocycles. The average Bonchev–Trinajstić information content (AvgIpc) is 3.32. The summed E-state index contributed by atoms with van der Waals surface area (Å²) in [5.41, 5.74) is 9.73. The SMILES string of the molecule is CCN(CC)c1ccc(C=NNc2nc3c(=O)[nH]c(N)nc3n2C2OC(CO)C(O)C2O)cc1. The highest BCUT2D eigenvalue weighted by Crippen LogP contribution is 2.33. The second kappa shape index (κ2) is 9.77. The zero-order chi connectivity index (χ0) is 24.4. The molecule has 0 radical (unpaired) electrons. The third kappa shape index (κ3) is 4.33. The van der Waals surface area contributed by atoms with Gasteiger partial charge in [-0.15, -0.1) is 0 Å². The van der Waals surface area contributed by atoms with Crippen molar-refractivity contribution >= 4 is 35.0 Å². The van der Waals surface area contributed by atoms with Crippen molar-refractivity contribution in [1.29, 1.82) is 0 Å². The molecular weight excluding hydrogens is 444 g/mol. The summed E-state index contributed by atoms with van der Waals surface area (Å²) in [5, 5.41) is 34.3. The van der Waals surface area contributed by atoms with Crippen LogP contribution < -0.4 is 21.6 Å². The van der Waals surface area contributed by atoms with Crippen LogP contribution in [0.3, 0.4) is 0 Å². The summed E-state index contributed by atoms with van der Waals surface area (Å²) in [6.45, 7) is 5.48. The molecule has 0 saturated carbocycles. The number of anilines is 3. The van der Waals surface area contributed by atoms with Gasteiger partial charge in [0.15, 0.2) is 17.4 Å². The van der Waals surface area contributed by atoms with Gasteiger partial charge in [0.25, 0.3) is 5.56 Å². The van der Waals surface area contributed by atoms with Crippen LogP contribution in [0.4, 0.5) is 17.6 Å². The zero-order valence-electron chi connectivity index (χ0n) is 18.8. The Hall–Kier alpha value is -3.52. The molecule has 2 aromatic heterocycles. The minimum atomic E-state index is -1.42. The molecule has 1 aromatic carbocycles. The highest BCUT2D eigenvalue weighted by atomic mass is 16.6. The molecule has 4 rings (SSSR count). The van der Waals surface area contributed by atoms with Crippen LogP contribution >= 0.6 is 0 Å². The molecular formula is C21H28N8O5. The van der Waals surface area contributed by atoms with Gasteiger partial charge in [0, 0.05) is 18.8 Å². The fourth-order valence-electron chi connectivity index (χ4n) is 3.94. The van der Waals surface area contributed by atoms with Gasteiger partial charge in [-0.05, 0) is 31.5 Å². The Morgan fingerprint density at radius 3 is 2.56 bits per heavy atom. The molecule has 0 aliphatic carbocycles. The maximum Gasteiger partial charge on any atom is 0.280 e. The number of aromatic nitrogens is 4. The van der Waals surface area contributed by atoms with E-state index in [-0.39, 0.29) is 23.1 Å². The van der Waals surface area contributed by atoms with E-state index in [0.717, 1.165) is 24.3 Å². The number of aliphatic hydroxyl groups excluding tert-OH is 3. The van der Waals surface area contributed by atoms with Crippen molar-refractivity contribution in [2.75, 3.05) is 35.8 Å². The Kier molecular flexibility index (Phi) is 6.79. The Balaban J connectivity index is 1.65. The summed E-state index contributed by atoms with van der Waals surface area (Å²) < 4.78 is 6.90. The minimum Gasteiger partial charge on any atom is -0.394 e. The van der Waals surface area contributed by atoms with Crippen molar-refractivity contribution in [3.8, 4) is 0 Å². The van der Waals surface area contributed by atoms with Gasteiger partial charge >= 0.3 is 0 Å². The first kappa shape index (κ1) is 23.6. The van der Waals surface area contributed by atoms with Crippen LogP contribution in [0.2, 0.25) is 0 Å². The molecule has 1 saturated heterocycles. The van der Waals surface area contributed by atoms with Gasteiger partial charge < -0.3 is 30.7 Å². The Labute approximate surface area is 194 Å². The molecule has 1 fully saturated rings. The third-order valence-electron chi connectivity index (χ3n) is 5.74. The van der Waals surface area contributed by atoms with Crippen LogP contribution in [-0.4, -0.2) is 79.1 Å². The number of hydrogen-bond donors (Lipinski definition) is 6. The van der Waals surface area contributed by atoms with Crippen molar-refractivity contribution < 1.29 is 20.1 Å². The Morgan fingerprint density at radius 2 is 1.94 bits per heavy atom. The molecule has 34 heavy (non-hydrogen) atoms. The van der Waals surface area contributed by atoms with Crippen LogP contribution in [0.1, 0.15) is 25.6 Å². The average molecular weight is 473 g/mol. The molecule has 1 aliphatic rings. The van der Waals surface area contributed by atoms with Crippen molar-refractivity contribution in [3.63, 3.8) is 0 Å². The van der Waals surface area contributed by atoms with Gasteiger partial charge in [0.05, 0.1) is 12.8 Å². The van der Waals surface area contributed by atoms with Crippen LogP contribution in [-0.2, 0) is 4.74 Å². The van der Waals surface area contributed by atoms with Crippen molar-refractivity contribution in [2.45, 2.75) is 38.4 Å². The van der Waals surface area contributed by atoms with Crippen molar-refractivity contribution in [1.82, 2.24) is 19.5 Å². The predicted molar refractivity (Wildman–Crippen MR) is 127 cm³/mol. The first-order valence-electron chi connectivity index (χ1n) is 10.9. The van der Waals surface area contributed by atoms with Crippen LogP contribution in [0.5, 0.6) is 0 Å². The van der Waals surface area contributed by atoms with E-state index in [1.165, 1.54) is 4.57 Å². The van der Waals surface area contributed by atoms with Gasteiger partial charge in [-0.3, -0.25) is 14.3 Å². The maximum absolute atomic E-state index is 12.4. The number of rotatable bonds is 8. The zero-order valence-corrected chi connectivity index (χ0v) is 18.8. The highest BCUT2D eigenvalue weighted by molar-refractivity contribution is 5.81. The van der Waals surface area contributed by atoms with Gasteiger partial charge in [0.1, 0.15) is 18.3 Å². The number of imidazole rings is 1. The largest absolute Gasteiger partial charge is 0.394 e. The number of benzene rings is 1. The van der Waals surface area contributed by atoms with E-state index in [0.29, 0.717) is 0 Å². The number of hydrazone groups is 1. The number of aromatic amines is 1. The van der Waals surface area contributed by atoms with Gasteiger partial charge in [-0.25, -0.2) is 10.4 Å². The lowest BCUT2D eigenvalue weighted by molar-refractivity contribution is -0.0501. The third-order valence-corrected chi connectivity index (χ3v) is 5.74. The molecule has 7 N–H and O–H groups in total. The predicted octanol–water partition coefficient (Wildman–Crippen LogP) is -0.394. The Morgan fingerprint density at radius 1 is 1.24 bits per heavy atom. The summed E-state index contributed by atoms with van der Waals surface area (Å²) in [5.74, 6) is -0.127. The summed E-state index contributed by atoms with van der Waals surface area (Å²) in [6.07, 6.45) is -3.44. The first-order valence-corrected chi connectivity index (χ1v) is 10.9. The smallest absolute Gasteiger partial charge is 0.280 e. The number of fused-ring (bicyclic) bond motifs is 1. The van der Waals surface area contributed by atoms with E-state index in [9.17, 15) is 20.1 Å². The second-order valence-corrected chi connectivity index (χ2v) is 7.79. The number of aliphatic hydroxyl groups is 3. The molecule has 182 valence electrons. The van der Waals surface area contributed by atoms with E-state index in [4.69, 9.17) is 10.5 Å². The number of H-pyrrole nitrogens is 1. The molecule has 4 unspecified atom stereocenters. The number of nitrogen functional groups attached to an aromatic ring is 1. The van der Waals surface area contributed by atoms with Gasteiger partial charge in [-0.2, -0.15) is 10.1 Å². The Bertz CT molecular complexity index is 1220. The number of nitrogens with two attached hydrogens (primary N) is 1. The van der Waals surface area contributed by atoms with Gasteiger partial charge in [-0.1, -0.05) is 12.1 Å². The van der Waals surface area contributed by atoms with Crippen molar-refractivity contribution in [3.05, 3.63) is 40.2 Å². The monoisotopic (exact) mass is 472 g/mol. The van der Waals surface area contributed by atoms with E-state index >= 15 is 0 Å². The summed E-state index contributed by atoms with van der Waals surface area (Å²) in [7, 11) is 0. The van der Waals surface area contributed by atoms with E-state index in [2.05, 4.69) is 44.2 Å². The lowest BCUT2D eigenvalue weighted by Crippen LogP contribution is -2.33. The molecule has 3 heterocycles. The number of ether oxygens (including phenoxy) is 1. The quantitative estimate of drug-likeness (QED) is 0.186. The van der Waals surface area contributed by atoms with E-state index in [1.54, 1.807) is 6.21 Å². The van der Waals surface area contributed by atoms with Crippen molar-refractivity contribution in [2.24, 2.45) is 5.10 Å². The maximum atomic E-state index is 12.4. The second-order valence-electron chi connectivity index (χ2n) is 7.79. The lowest BCUT2D eigenvalue weighted by Gasteiger charge is -2.20. The number of nitrogens with one attached hydrogen (secondary N) is 2. The molecule has 3 aromatic rings. The van der Waals surface area contributed by atoms with Gasteiger partial charge in [0.2, 0.25) is 11.9 Å². The fourth-order valence-corrected chi connectivity index (χ4v) is 3.94. The van der Waals surface area contributed by atoms with E-state index < -0.39 is 36.7 Å². The standard InChI is InChI=1S/C21H28N8O5/c1-3-28(4-2)12-7-5-11(6-8-12)9-23-27-21-24-14-17(25-20(22)26-18(14)33)29(21)19-16(32)15(31)13(10-30)34-19/h5-9,13,15-16,19,30-32H,3-4,10H2,1-2H3,(H,24,27)(H3,22,25,26,33). The normalized spacial score (nSPS) is 22.6. The summed E-state index contributed by atoms with van der Waals surface area (Å²) in [6, 6.07) is 7.82. The molecule has 13 heteroatoms. The molecule has 13 nitrogen and oxygen atoms in total. The minimum absolute atomic E-state index is 0.0253. The molecule has 0 amide bonds. The van der Waals surface area contributed by atoms with Crippen LogP contribution in [0.25, 0.3) is 11.2 Å². The number of hydrogen-bond acceptors (Lipinski definition) is 11. The molecule has 0 spiro atoms. The number of nitrogens with zero attached hydrogens (tertiary/aromatic N) is 5. The highest BCUT2D eigenvalue weighted by Gasteiger charge is 2.45. The molecule has 0 bridgehead atoms. The topological polar surface area (TPSA) is 187 Å².